The van der Waals surface area contributed by atoms with Gasteiger partial charge in [0.1, 0.15) is 0 Å². The van der Waals surface area contributed by atoms with Crippen molar-refractivity contribution in [3.8, 4) is 0 Å². The summed E-state index contributed by atoms with van der Waals surface area (Å²) in [6.07, 6.45) is 4.11. The van der Waals surface area contributed by atoms with Crippen molar-refractivity contribution in [1.82, 2.24) is 0 Å². The van der Waals surface area contributed by atoms with Crippen LogP contribution in [0.15, 0.2) is 10.5 Å². The van der Waals surface area contributed by atoms with Gasteiger partial charge in [0, 0.05) is 20.3 Å². The second-order valence-corrected chi connectivity index (χ2v) is 5.75. The van der Waals surface area contributed by atoms with Gasteiger partial charge in [-0.15, -0.1) is 11.3 Å². The molecule has 13 heavy (non-hydrogen) atoms. The van der Waals surface area contributed by atoms with Gasteiger partial charge in [-0.05, 0) is 47.7 Å². The first-order valence-corrected chi connectivity index (χ1v) is 6.34. The van der Waals surface area contributed by atoms with E-state index < -0.39 is 0 Å². The summed E-state index contributed by atoms with van der Waals surface area (Å²) in [5.41, 5.74) is 5.85. The number of nitrogens with two attached hydrogens (primary N) is 1. The van der Waals surface area contributed by atoms with Gasteiger partial charge < -0.3 is 5.73 Å². The SMILES string of the molecule is CC(N)c1cc(Br)c(C2CCC2)s1. The number of rotatable bonds is 2. The maximum atomic E-state index is 5.85. The Morgan fingerprint density at radius 1 is 1.62 bits per heavy atom. The van der Waals surface area contributed by atoms with Crippen LogP contribution in [0.5, 0.6) is 0 Å². The molecule has 0 saturated heterocycles. The lowest BCUT2D eigenvalue weighted by Gasteiger charge is -2.24. The average molecular weight is 260 g/mol. The van der Waals surface area contributed by atoms with Crippen LogP contribution in [0.2, 0.25) is 0 Å². The molecule has 1 fully saturated rings. The van der Waals surface area contributed by atoms with E-state index in [1.54, 1.807) is 0 Å². The van der Waals surface area contributed by atoms with Crippen molar-refractivity contribution >= 4 is 27.3 Å². The standard InChI is InChI=1S/C10H14BrNS/c1-6(12)9-5-8(11)10(13-9)7-3-2-4-7/h5-7H,2-4,12H2,1H3. The number of hydrogen-bond donors (Lipinski definition) is 1. The van der Waals surface area contributed by atoms with Crippen LogP contribution < -0.4 is 5.73 Å². The molecule has 1 atom stereocenters. The predicted molar refractivity (Wildman–Crippen MR) is 61.2 cm³/mol. The van der Waals surface area contributed by atoms with Crippen molar-refractivity contribution in [3.63, 3.8) is 0 Å². The van der Waals surface area contributed by atoms with Crippen molar-refractivity contribution in [1.29, 1.82) is 0 Å². The van der Waals surface area contributed by atoms with Crippen LogP contribution >= 0.6 is 27.3 Å². The summed E-state index contributed by atoms with van der Waals surface area (Å²) in [4.78, 5) is 2.81. The summed E-state index contributed by atoms with van der Waals surface area (Å²) in [5, 5.41) is 0. The first-order chi connectivity index (χ1) is 6.18. The Morgan fingerprint density at radius 3 is 2.69 bits per heavy atom. The van der Waals surface area contributed by atoms with Gasteiger partial charge in [0.05, 0.1) is 0 Å². The quantitative estimate of drug-likeness (QED) is 0.860. The van der Waals surface area contributed by atoms with E-state index >= 15 is 0 Å². The molecule has 1 aromatic rings. The minimum Gasteiger partial charge on any atom is -0.324 e. The summed E-state index contributed by atoms with van der Waals surface area (Å²) >= 11 is 5.50. The first kappa shape index (κ1) is 9.69. The van der Waals surface area contributed by atoms with Gasteiger partial charge in [-0.1, -0.05) is 6.42 Å². The Hall–Kier alpha value is 0.140. The smallest absolute Gasteiger partial charge is 0.0361 e. The van der Waals surface area contributed by atoms with Gasteiger partial charge in [-0.25, -0.2) is 0 Å². The van der Waals surface area contributed by atoms with Crippen LogP contribution in [0, 0.1) is 0 Å². The topological polar surface area (TPSA) is 26.0 Å². The Bertz CT molecular complexity index is 302. The molecule has 1 heterocycles. The molecule has 0 spiro atoms. The van der Waals surface area contributed by atoms with Crippen LogP contribution in [0.3, 0.4) is 0 Å². The number of hydrogen-bond acceptors (Lipinski definition) is 2. The van der Waals surface area contributed by atoms with E-state index in [9.17, 15) is 0 Å². The van der Waals surface area contributed by atoms with Crippen LogP contribution in [-0.4, -0.2) is 0 Å². The molecule has 2 rings (SSSR count). The molecule has 1 unspecified atom stereocenters. The molecule has 72 valence electrons. The molecule has 0 amide bonds. The van der Waals surface area contributed by atoms with E-state index in [2.05, 4.69) is 22.0 Å². The van der Waals surface area contributed by atoms with Gasteiger partial charge in [-0.3, -0.25) is 0 Å². The normalized spacial score (nSPS) is 19.9. The van der Waals surface area contributed by atoms with Crippen LogP contribution in [0.25, 0.3) is 0 Å². The summed E-state index contributed by atoms with van der Waals surface area (Å²) in [5.74, 6) is 0.812. The highest BCUT2D eigenvalue weighted by atomic mass is 79.9. The van der Waals surface area contributed by atoms with E-state index in [1.807, 2.05) is 18.3 Å². The van der Waals surface area contributed by atoms with Gasteiger partial charge in [0.2, 0.25) is 0 Å². The summed E-state index contributed by atoms with van der Waals surface area (Å²) in [6, 6.07) is 2.36. The fourth-order valence-corrected chi connectivity index (χ4v) is 3.71. The third-order valence-electron chi connectivity index (χ3n) is 2.66. The zero-order valence-corrected chi connectivity index (χ0v) is 10.1. The highest BCUT2D eigenvalue weighted by Crippen LogP contribution is 2.44. The molecule has 1 nitrogen and oxygen atoms in total. The van der Waals surface area contributed by atoms with Gasteiger partial charge in [0.15, 0.2) is 0 Å². The summed E-state index contributed by atoms with van der Waals surface area (Å²) in [6.45, 7) is 2.04. The van der Waals surface area contributed by atoms with Crippen molar-refractivity contribution < 1.29 is 0 Å². The molecule has 3 heteroatoms. The largest absolute Gasteiger partial charge is 0.324 e. The van der Waals surface area contributed by atoms with Crippen LogP contribution in [0.1, 0.15) is 47.9 Å². The molecular formula is C10H14BrNS. The monoisotopic (exact) mass is 259 g/mol. The molecular weight excluding hydrogens is 246 g/mol. The lowest BCUT2D eigenvalue weighted by Crippen LogP contribution is -2.07. The fourth-order valence-electron chi connectivity index (χ4n) is 1.57. The second kappa shape index (κ2) is 3.71. The molecule has 0 radical (unpaired) electrons. The average Bonchev–Trinajstić information content (AvgIpc) is 2.29. The molecule has 0 aliphatic heterocycles. The van der Waals surface area contributed by atoms with Gasteiger partial charge in [-0.2, -0.15) is 0 Å². The summed E-state index contributed by atoms with van der Waals surface area (Å²) < 4.78 is 1.27. The van der Waals surface area contributed by atoms with Gasteiger partial charge >= 0.3 is 0 Å². The van der Waals surface area contributed by atoms with Crippen molar-refractivity contribution in [2.75, 3.05) is 0 Å². The molecule has 1 aliphatic rings. The Morgan fingerprint density at radius 2 is 2.31 bits per heavy atom. The molecule has 1 aromatic heterocycles. The molecule has 0 bridgehead atoms. The zero-order chi connectivity index (χ0) is 9.42. The van der Waals surface area contributed by atoms with E-state index in [0.717, 1.165) is 5.92 Å². The van der Waals surface area contributed by atoms with Gasteiger partial charge in [0.25, 0.3) is 0 Å². The van der Waals surface area contributed by atoms with Crippen LogP contribution in [-0.2, 0) is 0 Å². The number of halogens is 1. The van der Waals surface area contributed by atoms with E-state index in [-0.39, 0.29) is 6.04 Å². The van der Waals surface area contributed by atoms with Crippen molar-refractivity contribution in [3.05, 3.63) is 20.3 Å². The Kier molecular flexibility index (Phi) is 2.77. The molecule has 2 N–H and O–H groups in total. The maximum absolute atomic E-state index is 5.85. The lowest BCUT2D eigenvalue weighted by molar-refractivity contribution is 0.424. The summed E-state index contributed by atoms with van der Waals surface area (Å²) in [7, 11) is 0. The lowest BCUT2D eigenvalue weighted by atomic mass is 9.84. The van der Waals surface area contributed by atoms with Crippen LogP contribution in [0.4, 0.5) is 0 Å². The van der Waals surface area contributed by atoms with Crippen molar-refractivity contribution in [2.45, 2.75) is 38.1 Å². The molecule has 1 aliphatic carbocycles. The minimum absolute atomic E-state index is 0.176. The molecule has 1 saturated carbocycles. The first-order valence-electron chi connectivity index (χ1n) is 4.73. The van der Waals surface area contributed by atoms with E-state index in [1.165, 1.54) is 33.5 Å². The third-order valence-corrected chi connectivity index (χ3v) is 5.07. The maximum Gasteiger partial charge on any atom is 0.0361 e. The van der Waals surface area contributed by atoms with E-state index in [4.69, 9.17) is 5.73 Å². The fraction of sp³-hybridized carbons (Fsp3) is 0.600. The number of thiophene rings is 1. The zero-order valence-electron chi connectivity index (χ0n) is 7.72. The van der Waals surface area contributed by atoms with Crippen molar-refractivity contribution in [2.24, 2.45) is 5.73 Å². The minimum atomic E-state index is 0.176. The Balaban J connectivity index is 2.24. The highest BCUT2D eigenvalue weighted by molar-refractivity contribution is 9.10. The Labute approximate surface area is 91.5 Å². The predicted octanol–water partition coefficient (Wildman–Crippen LogP) is 3.80. The van der Waals surface area contributed by atoms with E-state index in [0.29, 0.717) is 0 Å². The highest BCUT2D eigenvalue weighted by Gasteiger charge is 2.24. The second-order valence-electron chi connectivity index (χ2n) is 3.78. The molecule has 0 aromatic carbocycles. The third kappa shape index (κ3) is 1.83.